The maximum absolute atomic E-state index is 11.9. The number of aryl methyl sites for hydroxylation is 1. The molecular formula is C12H16N2O2. The molecule has 0 aliphatic carbocycles. The third kappa shape index (κ3) is 2.94. The van der Waals surface area contributed by atoms with E-state index in [1.54, 1.807) is 17.7 Å². The minimum atomic E-state index is -0.0577. The van der Waals surface area contributed by atoms with Crippen LogP contribution in [0.5, 0.6) is 0 Å². The fourth-order valence-corrected chi connectivity index (χ4v) is 1.58. The number of methoxy groups -OCH3 is 1. The van der Waals surface area contributed by atoms with Crippen molar-refractivity contribution in [1.82, 2.24) is 4.57 Å². The zero-order chi connectivity index (χ0) is 12.0. The second-order valence-corrected chi connectivity index (χ2v) is 3.64. The first kappa shape index (κ1) is 12.5. The average molecular weight is 220 g/mol. The first-order valence-corrected chi connectivity index (χ1v) is 5.26. The normalized spacial score (nSPS) is 10.1. The number of hydrogen-bond donors (Lipinski definition) is 0. The Morgan fingerprint density at radius 3 is 2.88 bits per heavy atom. The molecule has 0 radical (unpaired) electrons. The number of rotatable bonds is 5. The van der Waals surface area contributed by atoms with Crippen LogP contribution in [0.3, 0.4) is 0 Å². The second kappa shape index (κ2) is 6.09. The van der Waals surface area contributed by atoms with Gasteiger partial charge in [-0.25, -0.2) is 0 Å². The Hall–Kier alpha value is -1.60. The van der Waals surface area contributed by atoms with Crippen molar-refractivity contribution in [2.45, 2.75) is 26.3 Å². The van der Waals surface area contributed by atoms with Gasteiger partial charge in [0.1, 0.15) is 0 Å². The Morgan fingerprint density at radius 1 is 1.50 bits per heavy atom. The van der Waals surface area contributed by atoms with Crippen LogP contribution < -0.4 is 5.56 Å². The quantitative estimate of drug-likeness (QED) is 0.702. The highest BCUT2D eigenvalue weighted by Gasteiger charge is 2.05. The number of ether oxygens (including phenoxy) is 1. The van der Waals surface area contributed by atoms with Crippen LogP contribution in [-0.2, 0) is 17.7 Å². The molecule has 1 heterocycles. The maximum atomic E-state index is 11.9. The molecule has 0 spiro atoms. The van der Waals surface area contributed by atoms with Crippen molar-refractivity contribution < 1.29 is 4.74 Å². The SMILES string of the molecule is COCCCn1c(C)ccc(CC#N)c1=O. The van der Waals surface area contributed by atoms with E-state index in [1.807, 2.05) is 19.1 Å². The van der Waals surface area contributed by atoms with E-state index in [-0.39, 0.29) is 12.0 Å². The molecule has 0 atom stereocenters. The van der Waals surface area contributed by atoms with Gasteiger partial charge in [-0.1, -0.05) is 6.07 Å². The van der Waals surface area contributed by atoms with Gasteiger partial charge < -0.3 is 9.30 Å². The third-order valence-corrected chi connectivity index (χ3v) is 2.47. The van der Waals surface area contributed by atoms with Crippen LogP contribution in [-0.4, -0.2) is 18.3 Å². The first-order chi connectivity index (χ1) is 7.70. The van der Waals surface area contributed by atoms with Crippen LogP contribution in [0.25, 0.3) is 0 Å². The minimum absolute atomic E-state index is 0.0577. The van der Waals surface area contributed by atoms with E-state index in [2.05, 4.69) is 0 Å². The summed E-state index contributed by atoms with van der Waals surface area (Å²) in [5, 5.41) is 8.60. The van der Waals surface area contributed by atoms with Crippen LogP contribution in [0.2, 0.25) is 0 Å². The molecule has 0 saturated heterocycles. The molecule has 0 fully saturated rings. The summed E-state index contributed by atoms with van der Waals surface area (Å²) in [5.41, 5.74) is 1.42. The smallest absolute Gasteiger partial charge is 0.254 e. The Kier molecular flexibility index (Phi) is 4.74. The molecule has 0 aliphatic rings. The zero-order valence-electron chi connectivity index (χ0n) is 9.69. The molecular weight excluding hydrogens is 204 g/mol. The summed E-state index contributed by atoms with van der Waals surface area (Å²) in [5.74, 6) is 0. The highest BCUT2D eigenvalue weighted by molar-refractivity contribution is 5.18. The molecule has 1 rings (SSSR count). The second-order valence-electron chi connectivity index (χ2n) is 3.64. The van der Waals surface area contributed by atoms with Gasteiger partial charge in [0.2, 0.25) is 0 Å². The third-order valence-electron chi connectivity index (χ3n) is 2.47. The van der Waals surface area contributed by atoms with Crippen LogP contribution in [0.1, 0.15) is 17.7 Å². The fraction of sp³-hybridized carbons (Fsp3) is 0.500. The highest BCUT2D eigenvalue weighted by atomic mass is 16.5. The lowest BCUT2D eigenvalue weighted by atomic mass is 10.2. The van der Waals surface area contributed by atoms with Gasteiger partial charge in [0.25, 0.3) is 5.56 Å². The van der Waals surface area contributed by atoms with E-state index >= 15 is 0 Å². The fourth-order valence-electron chi connectivity index (χ4n) is 1.58. The number of nitriles is 1. The molecule has 16 heavy (non-hydrogen) atoms. The molecule has 0 aromatic carbocycles. The maximum Gasteiger partial charge on any atom is 0.254 e. The molecule has 4 nitrogen and oxygen atoms in total. The van der Waals surface area contributed by atoms with Crippen molar-refractivity contribution in [2.24, 2.45) is 0 Å². The van der Waals surface area contributed by atoms with Gasteiger partial charge >= 0.3 is 0 Å². The zero-order valence-corrected chi connectivity index (χ0v) is 9.69. The molecule has 0 N–H and O–H groups in total. The summed E-state index contributed by atoms with van der Waals surface area (Å²) < 4.78 is 6.65. The summed E-state index contributed by atoms with van der Waals surface area (Å²) in [6, 6.07) is 5.61. The monoisotopic (exact) mass is 220 g/mol. The Balaban J connectivity index is 2.93. The van der Waals surface area contributed by atoms with Crippen molar-refractivity contribution in [3.05, 3.63) is 33.7 Å². The van der Waals surface area contributed by atoms with E-state index < -0.39 is 0 Å². The first-order valence-electron chi connectivity index (χ1n) is 5.26. The molecule has 1 aromatic rings. The lowest BCUT2D eigenvalue weighted by molar-refractivity contribution is 0.189. The van der Waals surface area contributed by atoms with Crippen molar-refractivity contribution >= 4 is 0 Å². The summed E-state index contributed by atoms with van der Waals surface area (Å²) in [6.07, 6.45) is 0.969. The molecule has 0 unspecified atom stereocenters. The van der Waals surface area contributed by atoms with Gasteiger partial charge in [0.15, 0.2) is 0 Å². The highest BCUT2D eigenvalue weighted by Crippen LogP contribution is 2.00. The molecule has 0 bridgehead atoms. The molecule has 1 aromatic heterocycles. The Labute approximate surface area is 95.1 Å². The molecule has 0 saturated carbocycles. The van der Waals surface area contributed by atoms with Crippen molar-refractivity contribution in [2.75, 3.05) is 13.7 Å². The van der Waals surface area contributed by atoms with Gasteiger partial charge in [0.05, 0.1) is 12.5 Å². The van der Waals surface area contributed by atoms with Crippen molar-refractivity contribution in [3.63, 3.8) is 0 Å². The van der Waals surface area contributed by atoms with Gasteiger partial charge in [-0.3, -0.25) is 4.79 Å². The van der Waals surface area contributed by atoms with E-state index in [1.165, 1.54) is 0 Å². The number of hydrogen-bond acceptors (Lipinski definition) is 3. The van der Waals surface area contributed by atoms with Crippen molar-refractivity contribution in [3.8, 4) is 6.07 Å². The molecule has 86 valence electrons. The van der Waals surface area contributed by atoms with Crippen LogP contribution in [0.4, 0.5) is 0 Å². The number of pyridine rings is 1. The van der Waals surface area contributed by atoms with Gasteiger partial charge in [-0.2, -0.15) is 5.26 Å². The van der Waals surface area contributed by atoms with Crippen LogP contribution in [0.15, 0.2) is 16.9 Å². The standard InChI is InChI=1S/C12H16N2O2/c1-10-4-5-11(6-7-13)12(15)14(10)8-3-9-16-2/h4-5H,3,6,8-9H2,1-2H3. The Bertz CT molecular complexity index is 443. The summed E-state index contributed by atoms with van der Waals surface area (Å²) in [4.78, 5) is 11.9. The van der Waals surface area contributed by atoms with E-state index in [9.17, 15) is 4.79 Å². The number of aromatic nitrogens is 1. The summed E-state index contributed by atoms with van der Waals surface area (Å²) in [7, 11) is 1.64. The molecule has 0 amide bonds. The minimum Gasteiger partial charge on any atom is -0.385 e. The summed E-state index contributed by atoms with van der Waals surface area (Å²) >= 11 is 0. The van der Waals surface area contributed by atoms with E-state index in [4.69, 9.17) is 10.00 Å². The Morgan fingerprint density at radius 2 is 2.25 bits per heavy atom. The van der Waals surface area contributed by atoms with Gasteiger partial charge in [0, 0.05) is 31.5 Å². The van der Waals surface area contributed by atoms with Gasteiger partial charge in [-0.05, 0) is 19.4 Å². The number of nitrogens with zero attached hydrogens (tertiary/aromatic N) is 2. The largest absolute Gasteiger partial charge is 0.385 e. The lowest BCUT2D eigenvalue weighted by Crippen LogP contribution is -2.25. The van der Waals surface area contributed by atoms with E-state index in [0.29, 0.717) is 18.7 Å². The van der Waals surface area contributed by atoms with Crippen LogP contribution >= 0.6 is 0 Å². The summed E-state index contributed by atoms with van der Waals surface area (Å²) in [6.45, 7) is 3.16. The molecule has 0 aliphatic heterocycles. The van der Waals surface area contributed by atoms with E-state index in [0.717, 1.165) is 12.1 Å². The van der Waals surface area contributed by atoms with Crippen molar-refractivity contribution in [1.29, 1.82) is 5.26 Å². The predicted octanol–water partition coefficient (Wildman–Crippen LogP) is 1.26. The van der Waals surface area contributed by atoms with Gasteiger partial charge in [-0.15, -0.1) is 0 Å². The lowest BCUT2D eigenvalue weighted by Gasteiger charge is -2.10. The predicted molar refractivity (Wildman–Crippen MR) is 61.2 cm³/mol. The average Bonchev–Trinajstić information content (AvgIpc) is 2.27. The topological polar surface area (TPSA) is 55.0 Å². The van der Waals surface area contributed by atoms with Crippen LogP contribution in [0, 0.1) is 18.3 Å². The molecule has 4 heteroatoms.